The maximum atomic E-state index is 6.51. The predicted octanol–water partition coefficient (Wildman–Crippen LogP) is 3.08. The highest BCUT2D eigenvalue weighted by Crippen LogP contribution is 2.34. The van der Waals surface area contributed by atoms with Crippen LogP contribution in [0.15, 0.2) is 0 Å². The van der Waals surface area contributed by atoms with Crippen LogP contribution in [0.2, 0.25) is 0 Å². The van der Waals surface area contributed by atoms with Crippen LogP contribution in [0.1, 0.15) is 83.5 Å². The van der Waals surface area contributed by atoms with E-state index in [1.165, 1.54) is 90.3 Å². The van der Waals surface area contributed by atoms with Gasteiger partial charge in [0.05, 0.1) is 19.7 Å². The molecule has 3 nitrogen and oxygen atoms in total. The average molecular weight is 311 g/mol. The molecular formula is C19H36NO2+. The summed E-state index contributed by atoms with van der Waals surface area (Å²) in [5.41, 5.74) is 0. The van der Waals surface area contributed by atoms with Gasteiger partial charge in [0.15, 0.2) is 5.79 Å². The van der Waals surface area contributed by atoms with Gasteiger partial charge < -0.3 is 14.4 Å². The van der Waals surface area contributed by atoms with Gasteiger partial charge in [0.2, 0.25) is 0 Å². The molecular weight excluding hydrogens is 274 g/mol. The van der Waals surface area contributed by atoms with Crippen LogP contribution in [0, 0.1) is 0 Å². The van der Waals surface area contributed by atoms with Crippen molar-refractivity contribution in [2.45, 2.75) is 95.4 Å². The fourth-order valence-electron chi connectivity index (χ4n) is 4.53. The zero-order valence-electron chi connectivity index (χ0n) is 14.4. The van der Waals surface area contributed by atoms with Crippen molar-refractivity contribution in [1.82, 2.24) is 0 Å². The Kier molecular flexibility index (Phi) is 6.58. The Bertz CT molecular complexity index is 303. The van der Waals surface area contributed by atoms with E-state index >= 15 is 0 Å². The minimum atomic E-state index is -0.219. The molecule has 0 unspecified atom stereocenters. The number of quaternary nitrogens is 1. The molecule has 3 heteroatoms. The van der Waals surface area contributed by atoms with Crippen LogP contribution in [0.3, 0.4) is 0 Å². The van der Waals surface area contributed by atoms with Crippen molar-refractivity contribution in [3.05, 3.63) is 0 Å². The van der Waals surface area contributed by atoms with Crippen molar-refractivity contribution in [1.29, 1.82) is 0 Å². The Labute approximate surface area is 136 Å². The number of rotatable bonds is 2. The summed E-state index contributed by atoms with van der Waals surface area (Å²) in [5.74, 6) is -0.219. The average Bonchev–Trinajstić information content (AvgIpc) is 3.14. The second-order valence-corrected chi connectivity index (χ2v) is 7.80. The first-order chi connectivity index (χ1) is 10.9. The first-order valence-electron chi connectivity index (χ1n) is 10.0. The molecule has 0 radical (unpaired) electrons. The van der Waals surface area contributed by atoms with Gasteiger partial charge in [-0.05, 0) is 12.8 Å². The first kappa shape index (κ1) is 16.7. The molecule has 2 saturated heterocycles. The molecule has 1 saturated carbocycles. The van der Waals surface area contributed by atoms with Crippen LogP contribution in [0.4, 0.5) is 0 Å². The van der Waals surface area contributed by atoms with E-state index in [1.54, 1.807) is 4.90 Å². The van der Waals surface area contributed by atoms with Gasteiger partial charge in [-0.15, -0.1) is 0 Å². The molecule has 2 aliphatic heterocycles. The third-order valence-electron chi connectivity index (χ3n) is 5.86. The van der Waals surface area contributed by atoms with Gasteiger partial charge in [0.25, 0.3) is 0 Å². The summed E-state index contributed by atoms with van der Waals surface area (Å²) in [6.45, 7) is 4.69. The SMILES string of the molecule is C1CCCCCC2(CCCCC1)OC[C@H](C[NH+]1CCCC1)O2. The molecule has 0 aromatic carbocycles. The quantitative estimate of drug-likeness (QED) is 0.847. The molecule has 0 aromatic rings. The van der Waals surface area contributed by atoms with E-state index in [0.717, 1.165) is 19.4 Å². The van der Waals surface area contributed by atoms with Crippen LogP contribution in [0.5, 0.6) is 0 Å². The Morgan fingerprint density at radius 1 is 0.727 bits per heavy atom. The van der Waals surface area contributed by atoms with Crippen LogP contribution in [-0.4, -0.2) is 38.1 Å². The van der Waals surface area contributed by atoms with Gasteiger partial charge in [-0.2, -0.15) is 0 Å². The summed E-state index contributed by atoms with van der Waals surface area (Å²) in [4.78, 5) is 1.74. The fraction of sp³-hybridized carbons (Fsp3) is 1.00. The van der Waals surface area contributed by atoms with Crippen molar-refractivity contribution in [3.8, 4) is 0 Å². The molecule has 0 aromatic heterocycles. The van der Waals surface area contributed by atoms with Gasteiger partial charge in [-0.25, -0.2) is 0 Å². The lowest BCUT2D eigenvalue weighted by atomic mass is 9.97. The first-order valence-corrected chi connectivity index (χ1v) is 10.0. The summed E-state index contributed by atoms with van der Waals surface area (Å²) in [5, 5.41) is 0. The Hall–Kier alpha value is -0.120. The minimum absolute atomic E-state index is 0.219. The number of hydrogen-bond acceptors (Lipinski definition) is 2. The third kappa shape index (κ3) is 4.94. The van der Waals surface area contributed by atoms with Crippen molar-refractivity contribution < 1.29 is 14.4 Å². The molecule has 1 spiro atoms. The van der Waals surface area contributed by atoms with Crippen LogP contribution < -0.4 is 4.90 Å². The monoisotopic (exact) mass is 310 g/mol. The topological polar surface area (TPSA) is 22.9 Å². The minimum Gasteiger partial charge on any atom is -0.347 e. The summed E-state index contributed by atoms with van der Waals surface area (Å²) >= 11 is 0. The van der Waals surface area contributed by atoms with E-state index < -0.39 is 0 Å². The molecule has 3 aliphatic rings. The van der Waals surface area contributed by atoms with Gasteiger partial charge in [-0.3, -0.25) is 0 Å². The van der Waals surface area contributed by atoms with Gasteiger partial charge in [0, 0.05) is 25.7 Å². The number of ether oxygens (including phenoxy) is 2. The number of hydrogen-bond donors (Lipinski definition) is 1. The zero-order chi connectivity index (χ0) is 15.1. The maximum absolute atomic E-state index is 6.51. The van der Waals surface area contributed by atoms with E-state index in [-0.39, 0.29) is 5.79 Å². The van der Waals surface area contributed by atoms with E-state index in [0.29, 0.717) is 6.10 Å². The lowest BCUT2D eigenvalue weighted by Gasteiger charge is -2.29. The standard InChI is InChI=1S/C19H35NO2/c1-2-4-6-8-12-19(13-9-7-5-3-1)21-17-18(22-19)16-20-14-10-11-15-20/h18H,1-17H2/p+1/t18-/m0/s1. The normalized spacial score (nSPS) is 31.9. The lowest BCUT2D eigenvalue weighted by molar-refractivity contribution is -0.890. The van der Waals surface area contributed by atoms with Crippen molar-refractivity contribution >= 4 is 0 Å². The Balaban J connectivity index is 1.49. The van der Waals surface area contributed by atoms with Crippen molar-refractivity contribution in [2.75, 3.05) is 26.2 Å². The summed E-state index contributed by atoms with van der Waals surface area (Å²) in [6.07, 6.45) is 17.8. The number of nitrogens with one attached hydrogen (secondary N) is 1. The third-order valence-corrected chi connectivity index (χ3v) is 5.86. The summed E-state index contributed by atoms with van der Waals surface area (Å²) in [7, 11) is 0. The van der Waals surface area contributed by atoms with Crippen LogP contribution >= 0.6 is 0 Å². The molecule has 1 N–H and O–H groups in total. The molecule has 3 fully saturated rings. The highest BCUT2D eigenvalue weighted by atomic mass is 16.7. The molecule has 0 amide bonds. The molecule has 1 aliphatic carbocycles. The van der Waals surface area contributed by atoms with Gasteiger partial charge in [-0.1, -0.05) is 44.9 Å². The predicted molar refractivity (Wildman–Crippen MR) is 89.1 cm³/mol. The molecule has 1 atom stereocenters. The van der Waals surface area contributed by atoms with E-state index in [9.17, 15) is 0 Å². The summed E-state index contributed by atoms with van der Waals surface area (Å²) in [6, 6.07) is 0. The Morgan fingerprint density at radius 2 is 1.27 bits per heavy atom. The molecule has 0 bridgehead atoms. The Morgan fingerprint density at radius 3 is 1.86 bits per heavy atom. The number of likely N-dealkylation sites (tertiary alicyclic amines) is 1. The fourth-order valence-corrected chi connectivity index (χ4v) is 4.53. The van der Waals surface area contributed by atoms with E-state index in [2.05, 4.69) is 0 Å². The second-order valence-electron chi connectivity index (χ2n) is 7.80. The highest BCUT2D eigenvalue weighted by molar-refractivity contribution is 4.79. The van der Waals surface area contributed by atoms with Gasteiger partial charge >= 0.3 is 0 Å². The zero-order valence-corrected chi connectivity index (χ0v) is 14.4. The van der Waals surface area contributed by atoms with E-state index in [4.69, 9.17) is 9.47 Å². The van der Waals surface area contributed by atoms with Crippen molar-refractivity contribution in [3.63, 3.8) is 0 Å². The van der Waals surface area contributed by atoms with Crippen LogP contribution in [-0.2, 0) is 9.47 Å². The van der Waals surface area contributed by atoms with Crippen LogP contribution in [0.25, 0.3) is 0 Å². The maximum Gasteiger partial charge on any atom is 0.169 e. The second kappa shape index (κ2) is 8.65. The highest BCUT2D eigenvalue weighted by Gasteiger charge is 2.42. The lowest BCUT2D eigenvalue weighted by Crippen LogP contribution is -3.11. The molecule has 2 heterocycles. The smallest absolute Gasteiger partial charge is 0.169 e. The van der Waals surface area contributed by atoms with E-state index in [1.807, 2.05) is 0 Å². The summed E-state index contributed by atoms with van der Waals surface area (Å²) < 4.78 is 12.8. The largest absolute Gasteiger partial charge is 0.347 e. The molecule has 128 valence electrons. The molecule has 22 heavy (non-hydrogen) atoms. The van der Waals surface area contributed by atoms with Gasteiger partial charge in [0.1, 0.15) is 12.6 Å². The van der Waals surface area contributed by atoms with Crippen molar-refractivity contribution in [2.24, 2.45) is 0 Å². The molecule has 3 rings (SSSR count).